The van der Waals surface area contributed by atoms with Crippen LogP contribution in [0.25, 0.3) is 0 Å². The summed E-state index contributed by atoms with van der Waals surface area (Å²) in [6.45, 7) is 3.13. The quantitative estimate of drug-likeness (QED) is 0.472. The van der Waals surface area contributed by atoms with Gasteiger partial charge < -0.3 is 9.64 Å². The van der Waals surface area contributed by atoms with E-state index in [-0.39, 0.29) is 11.9 Å². The molecule has 0 bridgehead atoms. The van der Waals surface area contributed by atoms with Crippen molar-refractivity contribution in [3.63, 3.8) is 0 Å². The highest BCUT2D eigenvalue weighted by Crippen LogP contribution is 2.31. The number of sulfonamides is 1. The zero-order valence-electron chi connectivity index (χ0n) is 13.2. The molecule has 0 saturated carbocycles. The molecule has 1 aliphatic heterocycles. The second-order valence-corrected chi connectivity index (χ2v) is 7.00. The number of carbonyl (C=O) groups excluding carboxylic acids is 1. The molecule has 24 heavy (non-hydrogen) atoms. The molecule has 2 rings (SSSR count). The van der Waals surface area contributed by atoms with Gasteiger partial charge in [-0.1, -0.05) is 0 Å². The average molecular weight is 357 g/mol. The van der Waals surface area contributed by atoms with E-state index in [1.165, 1.54) is 12.1 Å². The number of piperidine rings is 1. The van der Waals surface area contributed by atoms with E-state index >= 15 is 0 Å². The predicted molar refractivity (Wildman–Crippen MR) is 86.0 cm³/mol. The first-order valence-corrected chi connectivity index (χ1v) is 9.01. The zero-order chi connectivity index (χ0) is 17.9. The van der Waals surface area contributed by atoms with Crippen LogP contribution in [0.15, 0.2) is 23.1 Å². The Morgan fingerprint density at radius 3 is 2.54 bits per heavy atom. The molecule has 0 unspecified atom stereocenters. The van der Waals surface area contributed by atoms with E-state index in [1.807, 2.05) is 4.90 Å². The number of carbonyl (C=O) groups is 1. The number of esters is 1. The van der Waals surface area contributed by atoms with E-state index in [9.17, 15) is 23.3 Å². The Bertz CT molecular complexity index is 741. The first-order chi connectivity index (χ1) is 11.2. The van der Waals surface area contributed by atoms with Gasteiger partial charge in [0.25, 0.3) is 5.69 Å². The van der Waals surface area contributed by atoms with Crippen molar-refractivity contribution in [2.24, 2.45) is 11.1 Å². The summed E-state index contributed by atoms with van der Waals surface area (Å²) >= 11 is 0. The smallest absolute Gasteiger partial charge is 0.309 e. The SMILES string of the molecule is CCOC(=O)C1CCN(c2ccc(S(N)(=O)=O)c([N+](=O)[O-])c2)CC1. The molecule has 1 aromatic carbocycles. The lowest BCUT2D eigenvalue weighted by Crippen LogP contribution is -2.37. The number of anilines is 1. The summed E-state index contributed by atoms with van der Waals surface area (Å²) in [5.74, 6) is -0.410. The van der Waals surface area contributed by atoms with Crippen molar-refractivity contribution in [3.8, 4) is 0 Å². The molecule has 1 aliphatic rings. The van der Waals surface area contributed by atoms with E-state index in [2.05, 4.69) is 0 Å². The van der Waals surface area contributed by atoms with Crippen LogP contribution in [0.3, 0.4) is 0 Å². The number of nitrogens with zero attached hydrogens (tertiary/aromatic N) is 2. The summed E-state index contributed by atoms with van der Waals surface area (Å²) in [7, 11) is -4.17. The fraction of sp³-hybridized carbons (Fsp3) is 0.500. The maximum Gasteiger partial charge on any atom is 0.309 e. The van der Waals surface area contributed by atoms with Crippen LogP contribution in [0.2, 0.25) is 0 Å². The Morgan fingerprint density at radius 1 is 1.42 bits per heavy atom. The summed E-state index contributed by atoms with van der Waals surface area (Å²) < 4.78 is 27.9. The van der Waals surface area contributed by atoms with Crippen molar-refractivity contribution in [1.29, 1.82) is 0 Å². The van der Waals surface area contributed by atoms with Crippen molar-refractivity contribution in [1.82, 2.24) is 0 Å². The highest BCUT2D eigenvalue weighted by atomic mass is 32.2. The van der Waals surface area contributed by atoms with Crippen molar-refractivity contribution < 1.29 is 22.9 Å². The molecule has 10 heteroatoms. The first kappa shape index (κ1) is 18.1. The fourth-order valence-electron chi connectivity index (χ4n) is 2.72. The van der Waals surface area contributed by atoms with Gasteiger partial charge in [0.05, 0.1) is 17.4 Å². The third-order valence-electron chi connectivity index (χ3n) is 3.93. The fourth-order valence-corrected chi connectivity index (χ4v) is 3.40. The average Bonchev–Trinajstić information content (AvgIpc) is 2.54. The number of hydrogen-bond acceptors (Lipinski definition) is 7. The molecular formula is C14H19N3O6S. The van der Waals surface area contributed by atoms with Crippen LogP contribution < -0.4 is 10.0 Å². The van der Waals surface area contributed by atoms with Gasteiger partial charge in [0, 0.05) is 24.8 Å². The minimum Gasteiger partial charge on any atom is -0.466 e. The molecule has 9 nitrogen and oxygen atoms in total. The van der Waals surface area contributed by atoms with Crippen LogP contribution in [-0.2, 0) is 19.6 Å². The number of rotatable bonds is 5. The van der Waals surface area contributed by atoms with Crippen molar-refractivity contribution in [2.75, 3.05) is 24.6 Å². The number of primary sulfonamides is 1. The number of hydrogen-bond donors (Lipinski definition) is 1. The van der Waals surface area contributed by atoms with Crippen LogP contribution in [0.1, 0.15) is 19.8 Å². The van der Waals surface area contributed by atoms with E-state index in [0.717, 1.165) is 6.07 Å². The topological polar surface area (TPSA) is 133 Å². The van der Waals surface area contributed by atoms with Crippen LogP contribution in [0.4, 0.5) is 11.4 Å². The Hall–Kier alpha value is -2.20. The van der Waals surface area contributed by atoms with Gasteiger partial charge >= 0.3 is 5.97 Å². The molecular weight excluding hydrogens is 338 g/mol. The van der Waals surface area contributed by atoms with E-state index in [0.29, 0.717) is 38.2 Å². The second kappa shape index (κ2) is 7.14. The normalized spacial score (nSPS) is 16.0. The molecule has 132 valence electrons. The Morgan fingerprint density at radius 2 is 2.04 bits per heavy atom. The predicted octanol–water partition coefficient (Wildman–Crippen LogP) is 1.02. The van der Waals surface area contributed by atoms with Crippen LogP contribution in [0, 0.1) is 16.0 Å². The molecule has 0 aliphatic carbocycles. The summed E-state index contributed by atoms with van der Waals surface area (Å²) in [6.07, 6.45) is 1.15. The first-order valence-electron chi connectivity index (χ1n) is 7.47. The number of benzene rings is 1. The summed E-state index contributed by atoms with van der Waals surface area (Å²) in [5.41, 5.74) is -0.0288. The summed E-state index contributed by atoms with van der Waals surface area (Å²) in [5, 5.41) is 16.1. The molecule has 1 fully saturated rings. The Labute approximate surface area is 139 Å². The summed E-state index contributed by atoms with van der Waals surface area (Å²) in [4.78, 5) is 23.4. The number of nitrogens with two attached hydrogens (primary N) is 1. The lowest BCUT2D eigenvalue weighted by atomic mass is 9.96. The maximum absolute atomic E-state index is 11.7. The monoisotopic (exact) mass is 357 g/mol. The van der Waals surface area contributed by atoms with Crippen LogP contribution in [0.5, 0.6) is 0 Å². The highest BCUT2D eigenvalue weighted by molar-refractivity contribution is 7.89. The molecule has 0 spiro atoms. The molecule has 2 N–H and O–H groups in total. The maximum atomic E-state index is 11.7. The van der Waals surface area contributed by atoms with Gasteiger partial charge in [-0.3, -0.25) is 14.9 Å². The molecule has 1 aromatic rings. The Kier molecular flexibility index (Phi) is 5.40. The lowest BCUT2D eigenvalue weighted by molar-refractivity contribution is -0.387. The van der Waals surface area contributed by atoms with Gasteiger partial charge in [0.2, 0.25) is 10.0 Å². The minimum atomic E-state index is -4.17. The van der Waals surface area contributed by atoms with Crippen molar-refractivity contribution in [2.45, 2.75) is 24.7 Å². The van der Waals surface area contributed by atoms with Gasteiger partial charge in [-0.15, -0.1) is 0 Å². The molecule has 1 saturated heterocycles. The molecule has 0 aromatic heterocycles. The Balaban J connectivity index is 2.18. The van der Waals surface area contributed by atoms with E-state index < -0.39 is 25.5 Å². The van der Waals surface area contributed by atoms with E-state index in [1.54, 1.807) is 6.92 Å². The molecule has 0 amide bonds. The zero-order valence-corrected chi connectivity index (χ0v) is 14.0. The largest absolute Gasteiger partial charge is 0.466 e. The van der Waals surface area contributed by atoms with E-state index in [4.69, 9.17) is 9.88 Å². The molecule has 1 heterocycles. The third-order valence-corrected chi connectivity index (χ3v) is 4.88. The van der Waals surface area contributed by atoms with Crippen molar-refractivity contribution >= 4 is 27.4 Å². The van der Waals surface area contributed by atoms with Gasteiger partial charge in [-0.05, 0) is 31.9 Å². The number of nitro benzene ring substituents is 1. The van der Waals surface area contributed by atoms with Crippen LogP contribution in [-0.4, -0.2) is 39.0 Å². The van der Waals surface area contributed by atoms with Crippen molar-refractivity contribution in [3.05, 3.63) is 28.3 Å². The lowest BCUT2D eigenvalue weighted by Gasteiger charge is -2.32. The highest BCUT2D eigenvalue weighted by Gasteiger charge is 2.28. The molecule has 0 atom stereocenters. The van der Waals surface area contributed by atoms with Crippen LogP contribution >= 0.6 is 0 Å². The summed E-state index contributed by atoms with van der Waals surface area (Å²) in [6, 6.07) is 3.82. The number of ether oxygens (including phenoxy) is 1. The van der Waals surface area contributed by atoms with Gasteiger partial charge in [0.1, 0.15) is 0 Å². The standard InChI is InChI=1S/C14H19N3O6S/c1-2-23-14(18)10-5-7-16(8-6-10)11-3-4-13(24(15,21)22)12(9-11)17(19)20/h3-4,9-10H,2,5-8H2,1H3,(H2,15,21,22). The second-order valence-electron chi connectivity index (χ2n) is 5.47. The minimum absolute atomic E-state index is 0.181. The number of nitro groups is 1. The van der Waals surface area contributed by atoms with Gasteiger partial charge in [-0.2, -0.15) is 0 Å². The van der Waals surface area contributed by atoms with Gasteiger partial charge in [0.15, 0.2) is 4.90 Å². The van der Waals surface area contributed by atoms with Gasteiger partial charge in [-0.25, -0.2) is 13.6 Å². The molecule has 0 radical (unpaired) electrons. The third kappa shape index (κ3) is 4.01.